The minimum Gasteiger partial charge on any atom is -0.496 e. The van der Waals surface area contributed by atoms with Crippen LogP contribution in [-0.2, 0) is 0 Å². The first kappa shape index (κ1) is 15.4. The van der Waals surface area contributed by atoms with E-state index in [0.717, 1.165) is 10.6 Å². The van der Waals surface area contributed by atoms with Crippen LogP contribution in [0.2, 0.25) is 0 Å². The van der Waals surface area contributed by atoms with Crippen LogP contribution < -0.4 is 9.64 Å². The lowest BCUT2D eigenvalue weighted by molar-refractivity contribution is 0.0985. The number of nitrogens with zero attached hydrogens (tertiary/aromatic N) is 1. The maximum atomic E-state index is 12.8. The summed E-state index contributed by atoms with van der Waals surface area (Å²) in [4.78, 5) is 15.6. The summed E-state index contributed by atoms with van der Waals surface area (Å²) in [7, 11) is 1.59. The van der Waals surface area contributed by atoms with E-state index in [2.05, 4.69) is 0 Å². The van der Waals surface area contributed by atoms with E-state index in [0.29, 0.717) is 17.9 Å². The number of carbonyl (C=O) groups is 1. The minimum absolute atomic E-state index is 0.0480. The first-order valence-corrected chi connectivity index (χ1v) is 8.02. The average Bonchev–Trinajstić information content (AvgIpc) is 2.55. The molecule has 3 nitrogen and oxygen atoms in total. The van der Waals surface area contributed by atoms with Gasteiger partial charge in [0.05, 0.1) is 12.7 Å². The lowest BCUT2D eigenvalue weighted by Crippen LogP contribution is -2.30. The molecule has 0 N–H and O–H groups in total. The van der Waals surface area contributed by atoms with Gasteiger partial charge in [-0.25, -0.2) is 0 Å². The SMILES string of the molecule is CCN(C(=O)c1ccc(SC)cc1OC)c1ccccc1. The van der Waals surface area contributed by atoms with E-state index in [1.807, 2.05) is 61.7 Å². The highest BCUT2D eigenvalue weighted by molar-refractivity contribution is 7.98. The summed E-state index contributed by atoms with van der Waals surface area (Å²) in [5, 5.41) is 0. The molecular weight excluding hydrogens is 282 g/mol. The van der Waals surface area contributed by atoms with Crippen molar-refractivity contribution in [2.45, 2.75) is 11.8 Å². The van der Waals surface area contributed by atoms with Gasteiger partial charge in [-0.05, 0) is 43.5 Å². The monoisotopic (exact) mass is 301 g/mol. The molecule has 0 aliphatic rings. The Labute approximate surface area is 129 Å². The maximum Gasteiger partial charge on any atom is 0.262 e. The molecule has 2 aromatic rings. The van der Waals surface area contributed by atoms with Crippen LogP contribution in [0.15, 0.2) is 53.4 Å². The molecule has 0 unspecified atom stereocenters. The van der Waals surface area contributed by atoms with Crippen molar-refractivity contribution >= 4 is 23.4 Å². The Balaban J connectivity index is 2.38. The first-order valence-electron chi connectivity index (χ1n) is 6.80. The Morgan fingerprint density at radius 2 is 1.90 bits per heavy atom. The normalized spacial score (nSPS) is 10.2. The fourth-order valence-corrected chi connectivity index (χ4v) is 2.60. The number of ether oxygens (including phenoxy) is 1. The molecular formula is C17H19NO2S. The third-order valence-electron chi connectivity index (χ3n) is 3.27. The summed E-state index contributed by atoms with van der Waals surface area (Å²) in [6.45, 7) is 2.57. The lowest BCUT2D eigenvalue weighted by atomic mass is 10.1. The number of thioether (sulfide) groups is 1. The summed E-state index contributed by atoms with van der Waals surface area (Å²) < 4.78 is 5.38. The predicted octanol–water partition coefficient (Wildman–Crippen LogP) is 4.08. The number of rotatable bonds is 5. The molecule has 0 radical (unpaired) electrons. The van der Waals surface area contributed by atoms with Crippen LogP contribution >= 0.6 is 11.8 Å². The molecule has 21 heavy (non-hydrogen) atoms. The summed E-state index contributed by atoms with van der Waals surface area (Å²) in [5.41, 5.74) is 1.47. The van der Waals surface area contributed by atoms with Gasteiger partial charge in [-0.15, -0.1) is 11.8 Å². The third kappa shape index (κ3) is 3.39. The highest BCUT2D eigenvalue weighted by Gasteiger charge is 2.20. The largest absolute Gasteiger partial charge is 0.496 e. The fraction of sp³-hybridized carbons (Fsp3) is 0.235. The van der Waals surface area contributed by atoms with Crippen molar-refractivity contribution in [3.63, 3.8) is 0 Å². The van der Waals surface area contributed by atoms with Crippen molar-refractivity contribution in [2.24, 2.45) is 0 Å². The van der Waals surface area contributed by atoms with E-state index in [1.165, 1.54) is 0 Å². The van der Waals surface area contributed by atoms with Gasteiger partial charge < -0.3 is 9.64 Å². The van der Waals surface area contributed by atoms with Crippen molar-refractivity contribution in [2.75, 3.05) is 24.8 Å². The second kappa shape index (κ2) is 7.18. The number of hydrogen-bond acceptors (Lipinski definition) is 3. The standard InChI is InChI=1S/C17H19NO2S/c1-4-18(13-8-6-5-7-9-13)17(19)15-11-10-14(21-3)12-16(15)20-2/h5-12H,4H2,1-3H3. The van der Waals surface area contributed by atoms with Crippen LogP contribution in [0.5, 0.6) is 5.75 Å². The van der Waals surface area contributed by atoms with E-state index in [-0.39, 0.29) is 5.91 Å². The Morgan fingerprint density at radius 1 is 1.19 bits per heavy atom. The molecule has 0 saturated carbocycles. The molecule has 0 heterocycles. The molecule has 0 aromatic heterocycles. The minimum atomic E-state index is -0.0480. The molecule has 2 aromatic carbocycles. The quantitative estimate of drug-likeness (QED) is 0.779. The number of hydrogen-bond donors (Lipinski definition) is 0. The molecule has 1 amide bonds. The molecule has 4 heteroatoms. The molecule has 0 atom stereocenters. The summed E-state index contributed by atoms with van der Waals surface area (Å²) in [6.07, 6.45) is 2.00. The van der Waals surface area contributed by atoms with Crippen molar-refractivity contribution in [1.29, 1.82) is 0 Å². The van der Waals surface area contributed by atoms with Crippen molar-refractivity contribution in [1.82, 2.24) is 0 Å². The summed E-state index contributed by atoms with van der Waals surface area (Å²) in [6, 6.07) is 15.3. The van der Waals surface area contributed by atoms with E-state index < -0.39 is 0 Å². The first-order chi connectivity index (χ1) is 10.2. The van der Waals surface area contributed by atoms with Gasteiger partial charge in [0.2, 0.25) is 0 Å². The smallest absolute Gasteiger partial charge is 0.262 e. The highest BCUT2D eigenvalue weighted by Crippen LogP contribution is 2.27. The lowest BCUT2D eigenvalue weighted by Gasteiger charge is -2.22. The van der Waals surface area contributed by atoms with Gasteiger partial charge in [-0.1, -0.05) is 18.2 Å². The molecule has 110 valence electrons. The van der Waals surface area contributed by atoms with Gasteiger partial charge in [0, 0.05) is 17.1 Å². The zero-order chi connectivity index (χ0) is 15.2. The Kier molecular flexibility index (Phi) is 5.28. The van der Waals surface area contributed by atoms with Gasteiger partial charge in [0.1, 0.15) is 5.75 Å². The number of benzene rings is 2. The number of methoxy groups -OCH3 is 1. The fourth-order valence-electron chi connectivity index (χ4n) is 2.17. The number of anilines is 1. The molecule has 2 rings (SSSR count). The van der Waals surface area contributed by atoms with Crippen LogP contribution in [0.1, 0.15) is 17.3 Å². The van der Waals surface area contributed by atoms with E-state index >= 15 is 0 Å². The molecule has 0 bridgehead atoms. The van der Waals surface area contributed by atoms with Crippen LogP contribution in [0.3, 0.4) is 0 Å². The molecule has 0 saturated heterocycles. The van der Waals surface area contributed by atoms with Gasteiger partial charge in [-0.3, -0.25) is 4.79 Å². The van der Waals surface area contributed by atoms with Gasteiger partial charge in [0.25, 0.3) is 5.91 Å². The van der Waals surface area contributed by atoms with E-state index in [4.69, 9.17) is 4.74 Å². The van der Waals surface area contributed by atoms with Crippen LogP contribution in [0.25, 0.3) is 0 Å². The predicted molar refractivity (Wildman–Crippen MR) is 88.6 cm³/mol. The zero-order valence-electron chi connectivity index (χ0n) is 12.5. The number of para-hydroxylation sites is 1. The van der Waals surface area contributed by atoms with Gasteiger partial charge in [-0.2, -0.15) is 0 Å². The maximum absolute atomic E-state index is 12.8. The van der Waals surface area contributed by atoms with E-state index in [9.17, 15) is 4.79 Å². The van der Waals surface area contributed by atoms with Crippen molar-refractivity contribution in [3.8, 4) is 5.75 Å². The Hall–Kier alpha value is -1.94. The topological polar surface area (TPSA) is 29.5 Å². The van der Waals surface area contributed by atoms with Crippen LogP contribution in [0, 0.1) is 0 Å². The average molecular weight is 301 g/mol. The number of carbonyl (C=O) groups excluding carboxylic acids is 1. The second-order valence-corrected chi connectivity index (χ2v) is 5.33. The summed E-state index contributed by atoms with van der Waals surface area (Å²) >= 11 is 1.62. The molecule has 0 aliphatic carbocycles. The van der Waals surface area contributed by atoms with Gasteiger partial charge >= 0.3 is 0 Å². The number of amides is 1. The Bertz CT molecular complexity index is 613. The molecule has 0 aliphatic heterocycles. The van der Waals surface area contributed by atoms with Gasteiger partial charge in [0.15, 0.2) is 0 Å². The van der Waals surface area contributed by atoms with Crippen molar-refractivity contribution in [3.05, 3.63) is 54.1 Å². The third-order valence-corrected chi connectivity index (χ3v) is 3.99. The van der Waals surface area contributed by atoms with Crippen LogP contribution in [0.4, 0.5) is 5.69 Å². The molecule has 0 fully saturated rings. The van der Waals surface area contributed by atoms with Crippen molar-refractivity contribution < 1.29 is 9.53 Å². The Morgan fingerprint density at radius 3 is 2.48 bits per heavy atom. The van der Waals surface area contributed by atoms with Crippen LogP contribution in [-0.4, -0.2) is 25.8 Å². The summed E-state index contributed by atoms with van der Waals surface area (Å²) in [5.74, 6) is 0.564. The zero-order valence-corrected chi connectivity index (χ0v) is 13.3. The van der Waals surface area contributed by atoms with E-state index in [1.54, 1.807) is 23.8 Å². The molecule has 0 spiro atoms. The second-order valence-electron chi connectivity index (χ2n) is 4.45. The highest BCUT2D eigenvalue weighted by atomic mass is 32.2.